The zero-order valence-corrected chi connectivity index (χ0v) is 16.5. The highest BCUT2D eigenvalue weighted by atomic mass is 16.5. The van der Waals surface area contributed by atoms with E-state index in [0.29, 0.717) is 17.4 Å². The number of benzene rings is 1. The molecular weight excluding hydrogens is 354 g/mol. The Morgan fingerprint density at radius 2 is 1.89 bits per heavy atom. The summed E-state index contributed by atoms with van der Waals surface area (Å²) in [6, 6.07) is 12.0. The first-order valence-electron chi connectivity index (χ1n) is 9.82. The summed E-state index contributed by atoms with van der Waals surface area (Å²) in [6.45, 7) is 3.68. The Kier molecular flexibility index (Phi) is 5.48. The third kappa shape index (κ3) is 3.97. The fraction of sp³-hybridized carbons (Fsp3) is 0.455. The molecule has 0 aliphatic carbocycles. The number of hydrogen-bond donors (Lipinski definition) is 0. The van der Waals surface area contributed by atoms with Gasteiger partial charge in [-0.25, -0.2) is 4.98 Å². The molecule has 3 aliphatic rings. The van der Waals surface area contributed by atoms with Crippen molar-refractivity contribution < 1.29 is 14.3 Å². The van der Waals surface area contributed by atoms with Crippen molar-refractivity contribution in [2.75, 3.05) is 33.9 Å². The molecule has 2 atom stereocenters. The predicted octanol–water partition coefficient (Wildman–Crippen LogP) is 2.84. The number of nitrogens with zero attached hydrogens (tertiary/aromatic N) is 3. The monoisotopic (exact) mass is 381 g/mol. The van der Waals surface area contributed by atoms with E-state index >= 15 is 0 Å². The van der Waals surface area contributed by atoms with Crippen LogP contribution in [-0.2, 0) is 6.54 Å². The minimum atomic E-state index is 0.0849. The SMILES string of the molecule is COc1ccc(CN2C[C@@H]3CC[C@H](C2)N(C(=O)c2ccnc(OC)c2)C3)cc1. The topological polar surface area (TPSA) is 54.9 Å². The Balaban J connectivity index is 1.47. The molecule has 3 saturated heterocycles. The summed E-state index contributed by atoms with van der Waals surface area (Å²) < 4.78 is 10.4. The number of carbonyl (C=O) groups excluding carboxylic acids is 1. The molecule has 1 aromatic heterocycles. The fourth-order valence-corrected chi connectivity index (χ4v) is 4.37. The van der Waals surface area contributed by atoms with Gasteiger partial charge in [0.1, 0.15) is 5.75 Å². The van der Waals surface area contributed by atoms with E-state index in [9.17, 15) is 4.79 Å². The van der Waals surface area contributed by atoms with E-state index in [1.807, 2.05) is 12.1 Å². The van der Waals surface area contributed by atoms with Crippen molar-refractivity contribution in [3.05, 3.63) is 53.7 Å². The third-order valence-corrected chi connectivity index (χ3v) is 5.81. The second kappa shape index (κ2) is 8.19. The number of ether oxygens (including phenoxy) is 2. The van der Waals surface area contributed by atoms with Crippen LogP contribution in [0.3, 0.4) is 0 Å². The Labute approximate surface area is 166 Å². The molecule has 148 valence electrons. The Hall–Kier alpha value is -2.60. The second-order valence-electron chi connectivity index (χ2n) is 7.68. The zero-order valence-electron chi connectivity index (χ0n) is 16.5. The van der Waals surface area contributed by atoms with Gasteiger partial charge in [-0.2, -0.15) is 0 Å². The second-order valence-corrected chi connectivity index (χ2v) is 7.68. The lowest BCUT2D eigenvalue weighted by molar-refractivity contribution is 0.0584. The largest absolute Gasteiger partial charge is 0.497 e. The van der Waals surface area contributed by atoms with E-state index in [4.69, 9.17) is 9.47 Å². The lowest BCUT2D eigenvalue weighted by atomic mass is 9.94. The molecule has 6 nitrogen and oxygen atoms in total. The van der Waals surface area contributed by atoms with E-state index in [1.54, 1.807) is 32.5 Å². The molecule has 4 heterocycles. The summed E-state index contributed by atoms with van der Waals surface area (Å²) in [6.07, 6.45) is 3.89. The maximum atomic E-state index is 13.2. The maximum absolute atomic E-state index is 13.2. The Morgan fingerprint density at radius 3 is 2.64 bits per heavy atom. The number of amides is 1. The van der Waals surface area contributed by atoms with Crippen molar-refractivity contribution in [2.24, 2.45) is 5.92 Å². The average molecular weight is 381 g/mol. The molecule has 28 heavy (non-hydrogen) atoms. The first-order chi connectivity index (χ1) is 13.7. The molecule has 3 fully saturated rings. The van der Waals surface area contributed by atoms with Gasteiger partial charge in [0.15, 0.2) is 0 Å². The summed E-state index contributed by atoms with van der Waals surface area (Å²) in [4.78, 5) is 21.8. The van der Waals surface area contributed by atoms with Gasteiger partial charge in [-0.3, -0.25) is 9.69 Å². The van der Waals surface area contributed by atoms with Crippen molar-refractivity contribution in [3.63, 3.8) is 0 Å². The minimum absolute atomic E-state index is 0.0849. The molecule has 2 aromatic rings. The van der Waals surface area contributed by atoms with Crippen LogP contribution in [0.15, 0.2) is 42.6 Å². The van der Waals surface area contributed by atoms with Crippen molar-refractivity contribution in [2.45, 2.75) is 25.4 Å². The number of methoxy groups -OCH3 is 2. The molecule has 0 unspecified atom stereocenters. The summed E-state index contributed by atoms with van der Waals surface area (Å²) in [5.74, 6) is 1.96. The lowest BCUT2D eigenvalue weighted by Gasteiger charge is -2.36. The number of rotatable bonds is 5. The van der Waals surface area contributed by atoms with Gasteiger partial charge in [0.25, 0.3) is 5.91 Å². The van der Waals surface area contributed by atoms with Gasteiger partial charge in [0, 0.05) is 50.0 Å². The van der Waals surface area contributed by atoms with Crippen LogP contribution >= 0.6 is 0 Å². The van der Waals surface area contributed by atoms with Crippen molar-refractivity contribution in [1.82, 2.24) is 14.8 Å². The molecule has 1 amide bonds. The standard InChI is InChI=1S/C22H27N3O3/c1-27-20-7-4-16(5-8-20)12-24-13-17-3-6-19(15-24)25(14-17)22(26)18-9-10-23-21(11-18)28-2/h4-5,7-11,17,19H,3,6,12-15H2,1-2H3/t17-,19+/m0/s1. The highest BCUT2D eigenvalue weighted by Crippen LogP contribution is 2.30. The smallest absolute Gasteiger partial charge is 0.254 e. The molecule has 2 bridgehead atoms. The van der Waals surface area contributed by atoms with E-state index < -0.39 is 0 Å². The van der Waals surface area contributed by atoms with Crippen LogP contribution in [0, 0.1) is 5.92 Å². The molecule has 0 N–H and O–H groups in total. The van der Waals surface area contributed by atoms with Crippen LogP contribution in [0.25, 0.3) is 0 Å². The third-order valence-electron chi connectivity index (χ3n) is 5.81. The van der Waals surface area contributed by atoms with Gasteiger partial charge in [0.05, 0.1) is 14.2 Å². The molecule has 6 heteroatoms. The van der Waals surface area contributed by atoms with E-state index in [1.165, 1.54) is 12.0 Å². The van der Waals surface area contributed by atoms with E-state index in [0.717, 1.165) is 38.3 Å². The molecular formula is C22H27N3O3. The first kappa shape index (κ1) is 18.7. The quantitative estimate of drug-likeness (QED) is 0.797. The van der Waals surface area contributed by atoms with Gasteiger partial charge < -0.3 is 14.4 Å². The van der Waals surface area contributed by atoms with Crippen LogP contribution < -0.4 is 9.47 Å². The highest BCUT2D eigenvalue weighted by molar-refractivity contribution is 5.94. The number of carbonyl (C=O) groups is 1. The Morgan fingerprint density at radius 1 is 1.07 bits per heavy atom. The first-order valence-corrected chi connectivity index (χ1v) is 9.82. The molecule has 0 saturated carbocycles. The molecule has 0 spiro atoms. The minimum Gasteiger partial charge on any atom is -0.497 e. The molecule has 1 aromatic carbocycles. The summed E-state index contributed by atoms with van der Waals surface area (Å²) in [5, 5.41) is 0. The average Bonchev–Trinajstić information content (AvgIpc) is 3.04. The number of fused-ring (bicyclic) bond motifs is 4. The van der Waals surface area contributed by atoms with E-state index in [-0.39, 0.29) is 11.9 Å². The highest BCUT2D eigenvalue weighted by Gasteiger charge is 2.37. The zero-order chi connectivity index (χ0) is 19.5. The molecule has 3 aliphatic heterocycles. The molecule has 0 radical (unpaired) electrons. The number of pyridine rings is 1. The van der Waals surface area contributed by atoms with Gasteiger partial charge in [-0.15, -0.1) is 0 Å². The Bertz CT molecular complexity index is 824. The lowest BCUT2D eigenvalue weighted by Crippen LogP contribution is -2.47. The van der Waals surface area contributed by atoms with Crippen molar-refractivity contribution >= 4 is 5.91 Å². The predicted molar refractivity (Wildman–Crippen MR) is 107 cm³/mol. The summed E-state index contributed by atoms with van der Waals surface area (Å²) in [5.41, 5.74) is 1.93. The van der Waals surface area contributed by atoms with Gasteiger partial charge in [-0.1, -0.05) is 12.1 Å². The van der Waals surface area contributed by atoms with Crippen LogP contribution in [0.4, 0.5) is 0 Å². The van der Waals surface area contributed by atoms with Crippen molar-refractivity contribution in [1.29, 1.82) is 0 Å². The van der Waals surface area contributed by atoms with Crippen LogP contribution in [0.2, 0.25) is 0 Å². The van der Waals surface area contributed by atoms with E-state index in [2.05, 4.69) is 26.9 Å². The van der Waals surface area contributed by atoms with Gasteiger partial charge in [-0.05, 0) is 42.5 Å². The fourth-order valence-electron chi connectivity index (χ4n) is 4.37. The number of aromatic nitrogens is 1. The molecule has 5 rings (SSSR count). The van der Waals surface area contributed by atoms with Crippen molar-refractivity contribution in [3.8, 4) is 11.6 Å². The van der Waals surface area contributed by atoms with Crippen LogP contribution in [-0.4, -0.2) is 60.6 Å². The summed E-state index contributed by atoms with van der Waals surface area (Å²) >= 11 is 0. The number of hydrogen-bond acceptors (Lipinski definition) is 5. The summed E-state index contributed by atoms with van der Waals surface area (Å²) in [7, 11) is 3.26. The normalized spacial score (nSPS) is 22.0. The number of piperidine rings is 1. The maximum Gasteiger partial charge on any atom is 0.254 e. The van der Waals surface area contributed by atoms with Gasteiger partial charge in [0.2, 0.25) is 5.88 Å². The van der Waals surface area contributed by atoms with Crippen LogP contribution in [0.5, 0.6) is 11.6 Å². The van der Waals surface area contributed by atoms with Crippen LogP contribution in [0.1, 0.15) is 28.8 Å². The van der Waals surface area contributed by atoms with Gasteiger partial charge >= 0.3 is 0 Å².